The van der Waals surface area contributed by atoms with Gasteiger partial charge in [0.15, 0.2) is 0 Å². The van der Waals surface area contributed by atoms with E-state index < -0.39 is 5.97 Å². The number of rotatable bonds is 6. The van der Waals surface area contributed by atoms with E-state index in [1.807, 2.05) is 30.3 Å². The highest BCUT2D eigenvalue weighted by Gasteiger charge is 2.02. The normalized spacial score (nSPS) is 9.93. The second-order valence-electron chi connectivity index (χ2n) is 3.39. The van der Waals surface area contributed by atoms with E-state index in [9.17, 15) is 9.90 Å². The van der Waals surface area contributed by atoms with Gasteiger partial charge in [-0.3, -0.25) is 0 Å². The van der Waals surface area contributed by atoms with E-state index in [-0.39, 0.29) is 6.42 Å². The van der Waals surface area contributed by atoms with Crippen molar-refractivity contribution in [3.05, 3.63) is 30.3 Å². The second kappa shape index (κ2) is 6.06. The third kappa shape index (κ3) is 4.02. The number of carbonyl (C=O) groups is 1. The van der Waals surface area contributed by atoms with Crippen molar-refractivity contribution in [3.8, 4) is 0 Å². The standard InChI is InChI=1S/C12H17NO2/c1-2-13(10-6-9-12(14)15)11-7-4-3-5-8-11/h3-5,7-8H,2,6,9-10H2,1H3,(H,14,15)/p-1. The molecule has 15 heavy (non-hydrogen) atoms. The van der Waals surface area contributed by atoms with Gasteiger partial charge < -0.3 is 14.8 Å². The summed E-state index contributed by atoms with van der Waals surface area (Å²) in [7, 11) is 0. The molecule has 3 nitrogen and oxygen atoms in total. The maximum Gasteiger partial charge on any atom is 0.0415 e. The van der Waals surface area contributed by atoms with Crippen LogP contribution < -0.4 is 10.0 Å². The first-order chi connectivity index (χ1) is 7.24. The molecule has 0 unspecified atom stereocenters. The Bertz CT molecular complexity index is 298. The fourth-order valence-electron chi connectivity index (χ4n) is 1.52. The van der Waals surface area contributed by atoms with Gasteiger partial charge in [-0.05, 0) is 31.9 Å². The number of carboxylic acids is 1. The summed E-state index contributed by atoms with van der Waals surface area (Å²) in [5.74, 6) is -0.973. The summed E-state index contributed by atoms with van der Waals surface area (Å²) in [6.45, 7) is 3.71. The zero-order valence-electron chi connectivity index (χ0n) is 8.98. The Labute approximate surface area is 90.3 Å². The van der Waals surface area contributed by atoms with Gasteiger partial charge in [0.1, 0.15) is 0 Å². The number of hydrogen-bond acceptors (Lipinski definition) is 3. The quantitative estimate of drug-likeness (QED) is 0.698. The van der Waals surface area contributed by atoms with E-state index in [2.05, 4.69) is 11.8 Å². The Morgan fingerprint density at radius 1 is 1.33 bits per heavy atom. The summed E-state index contributed by atoms with van der Waals surface area (Å²) in [5, 5.41) is 10.3. The first-order valence-corrected chi connectivity index (χ1v) is 5.24. The molecule has 0 aliphatic rings. The van der Waals surface area contributed by atoms with Crippen LogP contribution in [0.1, 0.15) is 19.8 Å². The summed E-state index contributed by atoms with van der Waals surface area (Å²) >= 11 is 0. The van der Waals surface area contributed by atoms with E-state index in [0.29, 0.717) is 6.42 Å². The molecule has 0 bridgehead atoms. The Hall–Kier alpha value is -1.51. The van der Waals surface area contributed by atoms with Gasteiger partial charge in [0, 0.05) is 24.7 Å². The number of aliphatic carboxylic acids is 1. The smallest absolute Gasteiger partial charge is 0.0415 e. The van der Waals surface area contributed by atoms with Gasteiger partial charge in [-0.15, -0.1) is 0 Å². The predicted molar refractivity (Wildman–Crippen MR) is 58.6 cm³/mol. The molecular weight excluding hydrogens is 190 g/mol. The van der Waals surface area contributed by atoms with Crippen molar-refractivity contribution in [2.45, 2.75) is 19.8 Å². The summed E-state index contributed by atoms with van der Waals surface area (Å²) in [4.78, 5) is 12.4. The molecule has 0 spiro atoms. The van der Waals surface area contributed by atoms with Gasteiger partial charge in [0.2, 0.25) is 0 Å². The van der Waals surface area contributed by atoms with Gasteiger partial charge in [-0.1, -0.05) is 18.2 Å². The van der Waals surface area contributed by atoms with Gasteiger partial charge in [0.25, 0.3) is 0 Å². The van der Waals surface area contributed by atoms with Crippen LogP contribution in [0.5, 0.6) is 0 Å². The minimum Gasteiger partial charge on any atom is -0.550 e. The molecule has 0 aliphatic heterocycles. The highest BCUT2D eigenvalue weighted by atomic mass is 16.4. The number of para-hydroxylation sites is 1. The maximum atomic E-state index is 10.3. The van der Waals surface area contributed by atoms with E-state index in [0.717, 1.165) is 18.8 Å². The summed E-state index contributed by atoms with van der Waals surface area (Å²) in [5.41, 5.74) is 1.14. The SMILES string of the molecule is CCN(CCCC(=O)[O-])c1ccccc1. The fraction of sp³-hybridized carbons (Fsp3) is 0.417. The summed E-state index contributed by atoms with van der Waals surface area (Å²) in [6, 6.07) is 10.00. The van der Waals surface area contributed by atoms with E-state index in [1.165, 1.54) is 0 Å². The van der Waals surface area contributed by atoms with Crippen LogP contribution in [0.15, 0.2) is 30.3 Å². The first kappa shape index (κ1) is 11.6. The Kier molecular flexibility index (Phi) is 4.68. The highest BCUT2D eigenvalue weighted by molar-refractivity contribution is 5.64. The minimum atomic E-state index is -0.973. The van der Waals surface area contributed by atoms with Gasteiger partial charge in [-0.2, -0.15) is 0 Å². The van der Waals surface area contributed by atoms with Crippen LogP contribution in [0.25, 0.3) is 0 Å². The van der Waals surface area contributed by atoms with E-state index in [1.54, 1.807) is 0 Å². The molecule has 0 amide bonds. The predicted octanol–water partition coefficient (Wildman–Crippen LogP) is 1.04. The van der Waals surface area contributed by atoms with Gasteiger partial charge in [-0.25, -0.2) is 0 Å². The number of carboxylic acid groups (broad SMARTS) is 1. The van der Waals surface area contributed by atoms with Gasteiger partial charge >= 0.3 is 0 Å². The van der Waals surface area contributed by atoms with Crippen molar-refractivity contribution in [2.24, 2.45) is 0 Å². The number of hydrogen-bond donors (Lipinski definition) is 0. The minimum absolute atomic E-state index is 0.128. The first-order valence-electron chi connectivity index (χ1n) is 5.24. The molecule has 0 saturated heterocycles. The average Bonchev–Trinajstić information content (AvgIpc) is 2.25. The van der Waals surface area contributed by atoms with Crippen molar-refractivity contribution in [1.82, 2.24) is 0 Å². The molecule has 0 radical (unpaired) electrons. The number of benzene rings is 1. The molecule has 1 aromatic rings. The molecule has 0 aromatic heterocycles. The Morgan fingerprint density at radius 3 is 2.53 bits per heavy atom. The van der Waals surface area contributed by atoms with Crippen molar-refractivity contribution in [3.63, 3.8) is 0 Å². The van der Waals surface area contributed by atoms with Crippen LogP contribution in [0, 0.1) is 0 Å². The van der Waals surface area contributed by atoms with Crippen molar-refractivity contribution in [2.75, 3.05) is 18.0 Å². The van der Waals surface area contributed by atoms with Crippen LogP contribution in [-0.4, -0.2) is 19.1 Å². The molecule has 1 aromatic carbocycles. The fourth-order valence-corrected chi connectivity index (χ4v) is 1.52. The van der Waals surface area contributed by atoms with E-state index >= 15 is 0 Å². The monoisotopic (exact) mass is 206 g/mol. The van der Waals surface area contributed by atoms with E-state index in [4.69, 9.17) is 0 Å². The molecule has 0 fully saturated rings. The van der Waals surface area contributed by atoms with Crippen LogP contribution >= 0.6 is 0 Å². The molecule has 0 atom stereocenters. The number of carbonyl (C=O) groups excluding carboxylic acids is 1. The van der Waals surface area contributed by atoms with Crippen LogP contribution in [0.3, 0.4) is 0 Å². The zero-order valence-corrected chi connectivity index (χ0v) is 8.98. The second-order valence-corrected chi connectivity index (χ2v) is 3.39. The Morgan fingerprint density at radius 2 is 2.00 bits per heavy atom. The molecule has 0 saturated carbocycles. The lowest BCUT2D eigenvalue weighted by molar-refractivity contribution is -0.305. The molecule has 0 N–H and O–H groups in total. The average molecular weight is 206 g/mol. The summed E-state index contributed by atoms with van der Waals surface area (Å²) in [6.07, 6.45) is 0.758. The van der Waals surface area contributed by atoms with Gasteiger partial charge in [0.05, 0.1) is 0 Å². The third-order valence-corrected chi connectivity index (χ3v) is 2.31. The third-order valence-electron chi connectivity index (χ3n) is 2.31. The largest absolute Gasteiger partial charge is 0.550 e. The molecule has 0 aliphatic carbocycles. The lowest BCUT2D eigenvalue weighted by atomic mass is 10.2. The molecule has 82 valence electrons. The topological polar surface area (TPSA) is 43.4 Å². The molecular formula is C12H16NO2-. The molecule has 3 heteroatoms. The lowest BCUT2D eigenvalue weighted by Gasteiger charge is -2.23. The number of anilines is 1. The zero-order chi connectivity index (χ0) is 11.1. The van der Waals surface area contributed by atoms with Crippen molar-refractivity contribution < 1.29 is 9.90 Å². The van der Waals surface area contributed by atoms with Crippen LogP contribution in [0.4, 0.5) is 5.69 Å². The molecule has 1 rings (SSSR count). The highest BCUT2D eigenvalue weighted by Crippen LogP contribution is 2.13. The molecule has 0 heterocycles. The number of nitrogens with zero attached hydrogens (tertiary/aromatic N) is 1. The van der Waals surface area contributed by atoms with Crippen LogP contribution in [0.2, 0.25) is 0 Å². The lowest BCUT2D eigenvalue weighted by Crippen LogP contribution is -2.27. The summed E-state index contributed by atoms with van der Waals surface area (Å²) < 4.78 is 0. The van der Waals surface area contributed by atoms with Crippen molar-refractivity contribution >= 4 is 11.7 Å². The Balaban J connectivity index is 2.46. The van der Waals surface area contributed by atoms with Crippen molar-refractivity contribution in [1.29, 1.82) is 0 Å². The maximum absolute atomic E-state index is 10.3. The van der Waals surface area contributed by atoms with Crippen LogP contribution in [-0.2, 0) is 4.79 Å².